The first-order valence-electron chi connectivity index (χ1n) is 5.95. The maximum absolute atomic E-state index is 8.89. The van der Waals surface area contributed by atoms with Gasteiger partial charge in [-0.05, 0) is 36.9 Å². The molecule has 0 bridgehead atoms. The van der Waals surface area contributed by atoms with E-state index in [1.54, 1.807) is 0 Å². The lowest BCUT2D eigenvalue weighted by molar-refractivity contribution is 0.212. The molecule has 0 aromatic carbocycles. The first-order chi connectivity index (χ1) is 6.70. The maximum Gasteiger partial charge on any atom is 0.191 e. The standard InChI is InChI=1S/C12H28O2Si/c1-11(10-13)8-7-9-14-15(5,6)12(2,3)4/h11,13H,7-10H2,1-6H3/t11-/m1/s1. The second-order valence-electron chi connectivity index (χ2n) is 6.04. The van der Waals surface area contributed by atoms with E-state index in [9.17, 15) is 0 Å². The molecule has 0 amide bonds. The molecule has 0 fully saturated rings. The summed E-state index contributed by atoms with van der Waals surface area (Å²) in [5, 5.41) is 9.19. The number of rotatable bonds is 6. The Balaban J connectivity index is 3.77. The van der Waals surface area contributed by atoms with Gasteiger partial charge in [0, 0.05) is 13.2 Å². The summed E-state index contributed by atoms with van der Waals surface area (Å²) in [6, 6.07) is 0. The van der Waals surface area contributed by atoms with Crippen molar-refractivity contribution < 1.29 is 9.53 Å². The van der Waals surface area contributed by atoms with E-state index in [1.165, 1.54) is 0 Å². The highest BCUT2D eigenvalue weighted by Gasteiger charge is 2.36. The fourth-order valence-electron chi connectivity index (χ4n) is 1.07. The van der Waals surface area contributed by atoms with Crippen LogP contribution >= 0.6 is 0 Å². The van der Waals surface area contributed by atoms with Crippen molar-refractivity contribution in [2.75, 3.05) is 13.2 Å². The molecular formula is C12H28O2Si. The molecule has 0 aromatic rings. The summed E-state index contributed by atoms with van der Waals surface area (Å²) in [6.07, 6.45) is 2.12. The van der Waals surface area contributed by atoms with Crippen LogP contribution in [0.4, 0.5) is 0 Å². The third-order valence-corrected chi connectivity index (χ3v) is 7.96. The molecule has 1 N–H and O–H groups in total. The normalized spacial score (nSPS) is 15.4. The Kier molecular flexibility index (Phi) is 6.07. The van der Waals surface area contributed by atoms with Crippen LogP contribution in [0.25, 0.3) is 0 Å². The molecule has 0 aliphatic carbocycles. The first-order valence-corrected chi connectivity index (χ1v) is 8.86. The van der Waals surface area contributed by atoms with Gasteiger partial charge in [-0.3, -0.25) is 0 Å². The van der Waals surface area contributed by atoms with Crippen LogP contribution < -0.4 is 0 Å². The lowest BCUT2D eigenvalue weighted by atomic mass is 10.1. The van der Waals surface area contributed by atoms with Gasteiger partial charge in [0.05, 0.1) is 0 Å². The molecule has 0 radical (unpaired) electrons. The Hall–Kier alpha value is 0.137. The van der Waals surface area contributed by atoms with Gasteiger partial charge in [-0.1, -0.05) is 27.7 Å². The summed E-state index contributed by atoms with van der Waals surface area (Å²) in [7, 11) is -1.55. The van der Waals surface area contributed by atoms with Crippen molar-refractivity contribution in [1.82, 2.24) is 0 Å². The van der Waals surface area contributed by atoms with Gasteiger partial charge in [0.1, 0.15) is 0 Å². The minimum atomic E-state index is -1.55. The van der Waals surface area contributed by atoms with Crippen LogP contribution in [0.1, 0.15) is 40.5 Å². The molecule has 92 valence electrons. The van der Waals surface area contributed by atoms with Crippen molar-refractivity contribution in [3.05, 3.63) is 0 Å². The van der Waals surface area contributed by atoms with Gasteiger partial charge in [-0.2, -0.15) is 0 Å². The van der Waals surface area contributed by atoms with Crippen LogP contribution in [0, 0.1) is 5.92 Å². The van der Waals surface area contributed by atoms with Crippen LogP contribution in [0.5, 0.6) is 0 Å². The van der Waals surface area contributed by atoms with E-state index in [-0.39, 0.29) is 0 Å². The van der Waals surface area contributed by atoms with Crippen LogP contribution in [0.2, 0.25) is 18.1 Å². The van der Waals surface area contributed by atoms with E-state index in [0.717, 1.165) is 19.4 Å². The monoisotopic (exact) mass is 232 g/mol. The molecule has 2 nitrogen and oxygen atoms in total. The van der Waals surface area contributed by atoms with Gasteiger partial charge in [-0.15, -0.1) is 0 Å². The highest BCUT2D eigenvalue weighted by Crippen LogP contribution is 2.36. The molecule has 0 spiro atoms. The van der Waals surface area contributed by atoms with E-state index in [4.69, 9.17) is 9.53 Å². The fourth-order valence-corrected chi connectivity index (χ4v) is 2.15. The Bertz CT molecular complexity index is 173. The molecule has 15 heavy (non-hydrogen) atoms. The predicted octanol–water partition coefficient (Wildman–Crippen LogP) is 3.42. The third-order valence-electron chi connectivity index (χ3n) is 3.42. The fraction of sp³-hybridized carbons (Fsp3) is 1.00. The summed E-state index contributed by atoms with van der Waals surface area (Å²) in [5.74, 6) is 0.410. The van der Waals surface area contributed by atoms with E-state index < -0.39 is 8.32 Å². The van der Waals surface area contributed by atoms with Gasteiger partial charge in [0.2, 0.25) is 0 Å². The SMILES string of the molecule is C[C@@H](CO)CCCO[Si](C)(C)C(C)(C)C. The Morgan fingerprint density at radius 3 is 2.20 bits per heavy atom. The van der Waals surface area contributed by atoms with E-state index in [1.807, 2.05) is 0 Å². The molecule has 0 unspecified atom stereocenters. The van der Waals surface area contributed by atoms with Crippen molar-refractivity contribution in [3.63, 3.8) is 0 Å². The van der Waals surface area contributed by atoms with Gasteiger partial charge >= 0.3 is 0 Å². The second kappa shape index (κ2) is 6.02. The van der Waals surface area contributed by atoms with E-state index in [0.29, 0.717) is 17.6 Å². The minimum Gasteiger partial charge on any atom is -0.417 e. The van der Waals surface area contributed by atoms with Crippen molar-refractivity contribution in [2.24, 2.45) is 5.92 Å². The molecule has 0 aliphatic rings. The second-order valence-corrected chi connectivity index (χ2v) is 10.8. The highest BCUT2D eigenvalue weighted by atomic mass is 28.4. The number of aliphatic hydroxyl groups excluding tert-OH is 1. The number of hydrogen-bond acceptors (Lipinski definition) is 2. The predicted molar refractivity (Wildman–Crippen MR) is 68.6 cm³/mol. The average Bonchev–Trinajstić information content (AvgIpc) is 2.10. The lowest BCUT2D eigenvalue weighted by Crippen LogP contribution is -2.41. The summed E-state index contributed by atoms with van der Waals surface area (Å²) < 4.78 is 6.05. The molecule has 0 saturated carbocycles. The van der Waals surface area contributed by atoms with Crippen LogP contribution in [-0.4, -0.2) is 26.6 Å². The van der Waals surface area contributed by atoms with Gasteiger partial charge in [0.25, 0.3) is 0 Å². The van der Waals surface area contributed by atoms with Crippen molar-refractivity contribution in [2.45, 2.75) is 58.7 Å². The summed E-state index contributed by atoms with van der Waals surface area (Å²) >= 11 is 0. The summed E-state index contributed by atoms with van der Waals surface area (Å²) in [4.78, 5) is 0. The zero-order valence-corrected chi connectivity index (χ0v) is 12.3. The average molecular weight is 232 g/mol. The third kappa shape index (κ3) is 5.69. The first kappa shape index (κ1) is 15.1. The zero-order chi connectivity index (χ0) is 12.1. The number of hydrogen-bond donors (Lipinski definition) is 1. The van der Waals surface area contributed by atoms with E-state index in [2.05, 4.69) is 40.8 Å². The lowest BCUT2D eigenvalue weighted by Gasteiger charge is -2.36. The molecule has 0 heterocycles. The Labute approximate surface area is 96.2 Å². The summed E-state index contributed by atoms with van der Waals surface area (Å²) in [6.45, 7) is 14.6. The topological polar surface area (TPSA) is 29.5 Å². The van der Waals surface area contributed by atoms with Gasteiger partial charge in [-0.25, -0.2) is 0 Å². The van der Waals surface area contributed by atoms with E-state index >= 15 is 0 Å². The highest BCUT2D eigenvalue weighted by molar-refractivity contribution is 6.74. The molecule has 0 aliphatic heterocycles. The minimum absolute atomic E-state index is 0.292. The maximum atomic E-state index is 8.89. The number of aliphatic hydroxyl groups is 1. The van der Waals surface area contributed by atoms with Gasteiger partial charge in [0.15, 0.2) is 8.32 Å². The molecule has 3 heteroatoms. The quantitative estimate of drug-likeness (QED) is 0.562. The molecule has 0 rings (SSSR count). The van der Waals surface area contributed by atoms with Crippen molar-refractivity contribution >= 4 is 8.32 Å². The zero-order valence-electron chi connectivity index (χ0n) is 11.3. The van der Waals surface area contributed by atoms with Crippen LogP contribution in [0.3, 0.4) is 0 Å². The molecular weight excluding hydrogens is 204 g/mol. The molecule has 1 atom stereocenters. The van der Waals surface area contributed by atoms with Crippen molar-refractivity contribution in [1.29, 1.82) is 0 Å². The van der Waals surface area contributed by atoms with Crippen LogP contribution in [0.15, 0.2) is 0 Å². The Morgan fingerprint density at radius 2 is 1.80 bits per heavy atom. The smallest absolute Gasteiger partial charge is 0.191 e. The van der Waals surface area contributed by atoms with Crippen molar-refractivity contribution in [3.8, 4) is 0 Å². The van der Waals surface area contributed by atoms with Crippen LogP contribution in [-0.2, 0) is 4.43 Å². The Morgan fingerprint density at radius 1 is 1.27 bits per heavy atom. The largest absolute Gasteiger partial charge is 0.417 e. The molecule has 0 aromatic heterocycles. The van der Waals surface area contributed by atoms with Gasteiger partial charge < -0.3 is 9.53 Å². The summed E-state index contributed by atoms with van der Waals surface area (Å²) in [5.41, 5.74) is 0. The molecule has 0 saturated heterocycles.